The van der Waals surface area contributed by atoms with Crippen molar-refractivity contribution < 1.29 is 14.4 Å². The van der Waals surface area contributed by atoms with Crippen molar-refractivity contribution >= 4 is 17.7 Å². The van der Waals surface area contributed by atoms with Crippen LogP contribution in [0.3, 0.4) is 0 Å². The Balaban J connectivity index is 2.69. The second-order valence-corrected chi connectivity index (χ2v) is 4.31. The quantitative estimate of drug-likeness (QED) is 0.599. The van der Waals surface area contributed by atoms with Crippen LogP contribution >= 0.6 is 0 Å². The molecule has 0 saturated carbocycles. The third-order valence-corrected chi connectivity index (χ3v) is 3.27. The average molecular weight is 241 g/mol. The van der Waals surface area contributed by atoms with Gasteiger partial charge < -0.3 is 16.0 Å². The zero-order valence-electron chi connectivity index (χ0n) is 10.3. The number of rotatable bonds is 4. The fourth-order valence-corrected chi connectivity index (χ4v) is 2.06. The molecule has 1 rings (SSSR count). The van der Waals surface area contributed by atoms with Crippen molar-refractivity contribution in [2.24, 2.45) is 5.41 Å². The van der Waals surface area contributed by atoms with Gasteiger partial charge in [-0.05, 0) is 12.8 Å². The first-order valence-corrected chi connectivity index (χ1v) is 5.73. The summed E-state index contributed by atoms with van der Waals surface area (Å²) in [6.07, 6.45) is 1.57. The Kier molecular flexibility index (Phi) is 4.48. The number of amides is 3. The molecule has 6 nitrogen and oxygen atoms in total. The van der Waals surface area contributed by atoms with E-state index in [2.05, 4.69) is 16.0 Å². The molecule has 0 aromatic rings. The van der Waals surface area contributed by atoms with Crippen molar-refractivity contribution in [2.45, 2.75) is 25.7 Å². The first kappa shape index (κ1) is 13.5. The van der Waals surface area contributed by atoms with E-state index in [1.54, 1.807) is 14.1 Å². The molecule has 1 aliphatic rings. The van der Waals surface area contributed by atoms with Crippen LogP contribution in [0.1, 0.15) is 25.7 Å². The maximum Gasteiger partial charge on any atom is 0.227 e. The average Bonchev–Trinajstić information content (AvgIpc) is 2.37. The molecule has 1 aliphatic heterocycles. The van der Waals surface area contributed by atoms with Gasteiger partial charge in [0, 0.05) is 33.5 Å². The lowest BCUT2D eigenvalue weighted by atomic mass is 9.75. The zero-order chi connectivity index (χ0) is 12.9. The summed E-state index contributed by atoms with van der Waals surface area (Å²) >= 11 is 0. The molecule has 1 fully saturated rings. The first-order chi connectivity index (χ1) is 8.04. The van der Waals surface area contributed by atoms with Crippen molar-refractivity contribution in [3.05, 3.63) is 0 Å². The van der Waals surface area contributed by atoms with Crippen LogP contribution in [-0.4, -0.2) is 38.4 Å². The Morgan fingerprint density at radius 3 is 2.53 bits per heavy atom. The van der Waals surface area contributed by atoms with Gasteiger partial charge in [-0.3, -0.25) is 14.4 Å². The highest BCUT2D eigenvalue weighted by Gasteiger charge is 2.40. The minimum absolute atomic E-state index is 0.0375. The number of hydrogen-bond acceptors (Lipinski definition) is 3. The van der Waals surface area contributed by atoms with Crippen LogP contribution in [-0.2, 0) is 14.4 Å². The zero-order valence-corrected chi connectivity index (χ0v) is 10.3. The van der Waals surface area contributed by atoms with Crippen LogP contribution < -0.4 is 16.0 Å². The van der Waals surface area contributed by atoms with E-state index >= 15 is 0 Å². The number of piperidine rings is 1. The van der Waals surface area contributed by atoms with E-state index in [4.69, 9.17) is 0 Å². The van der Waals surface area contributed by atoms with E-state index in [0.717, 1.165) is 0 Å². The lowest BCUT2D eigenvalue weighted by molar-refractivity contribution is -0.136. The van der Waals surface area contributed by atoms with Gasteiger partial charge in [-0.15, -0.1) is 0 Å². The van der Waals surface area contributed by atoms with Crippen molar-refractivity contribution in [3.63, 3.8) is 0 Å². The predicted molar refractivity (Wildman–Crippen MR) is 62.0 cm³/mol. The van der Waals surface area contributed by atoms with E-state index in [-0.39, 0.29) is 17.7 Å². The van der Waals surface area contributed by atoms with Crippen LogP contribution in [0.5, 0.6) is 0 Å². The molecule has 17 heavy (non-hydrogen) atoms. The van der Waals surface area contributed by atoms with Crippen molar-refractivity contribution in [1.29, 1.82) is 0 Å². The molecule has 0 radical (unpaired) electrons. The summed E-state index contributed by atoms with van der Waals surface area (Å²) in [5.41, 5.74) is -0.644. The lowest BCUT2D eigenvalue weighted by Gasteiger charge is -2.35. The highest BCUT2D eigenvalue weighted by molar-refractivity contribution is 5.87. The van der Waals surface area contributed by atoms with Crippen molar-refractivity contribution in [2.75, 3.05) is 20.6 Å². The molecule has 0 aromatic carbocycles. The fourth-order valence-electron chi connectivity index (χ4n) is 2.06. The maximum atomic E-state index is 11.9. The molecular weight excluding hydrogens is 222 g/mol. The van der Waals surface area contributed by atoms with Crippen LogP contribution in [0.25, 0.3) is 0 Å². The largest absolute Gasteiger partial charge is 0.359 e. The normalized spacial score (nSPS) is 23.8. The van der Waals surface area contributed by atoms with Gasteiger partial charge >= 0.3 is 0 Å². The minimum Gasteiger partial charge on any atom is -0.359 e. The monoisotopic (exact) mass is 241 g/mol. The fraction of sp³-hybridized carbons (Fsp3) is 0.727. The van der Waals surface area contributed by atoms with Gasteiger partial charge in [0.05, 0.1) is 5.41 Å². The molecule has 1 atom stereocenters. The molecule has 6 heteroatoms. The van der Waals surface area contributed by atoms with E-state index < -0.39 is 5.41 Å². The standard InChI is InChI=1S/C11H19N3O3/c1-12-8(15)3-5-11(10(17)13-2)6-4-9(16)14-7-11/h3-7H2,1-2H3,(H,12,15)(H,13,17)(H,14,16). The smallest absolute Gasteiger partial charge is 0.227 e. The van der Waals surface area contributed by atoms with Crippen LogP contribution in [0, 0.1) is 5.41 Å². The lowest BCUT2D eigenvalue weighted by Crippen LogP contribution is -2.51. The summed E-state index contributed by atoms with van der Waals surface area (Å²) in [6, 6.07) is 0. The molecule has 96 valence electrons. The van der Waals surface area contributed by atoms with Gasteiger partial charge in [0.15, 0.2) is 0 Å². The highest BCUT2D eigenvalue weighted by atomic mass is 16.2. The molecule has 1 heterocycles. The third-order valence-electron chi connectivity index (χ3n) is 3.27. The Bertz CT molecular complexity index is 318. The second-order valence-electron chi connectivity index (χ2n) is 4.31. The number of nitrogens with one attached hydrogen (secondary N) is 3. The Labute approximate surface area is 101 Å². The van der Waals surface area contributed by atoms with E-state index in [1.807, 2.05) is 0 Å². The summed E-state index contributed by atoms with van der Waals surface area (Å²) in [7, 11) is 3.14. The van der Waals surface area contributed by atoms with E-state index in [1.165, 1.54) is 0 Å². The molecule has 0 bridgehead atoms. The van der Waals surface area contributed by atoms with E-state index in [0.29, 0.717) is 32.2 Å². The molecule has 0 aromatic heterocycles. The SMILES string of the molecule is CNC(=O)CCC1(C(=O)NC)CCC(=O)NC1. The second kappa shape index (κ2) is 5.65. The Hall–Kier alpha value is -1.59. The summed E-state index contributed by atoms with van der Waals surface area (Å²) in [4.78, 5) is 34.3. The highest BCUT2D eigenvalue weighted by Crippen LogP contribution is 2.32. The molecular formula is C11H19N3O3. The van der Waals surface area contributed by atoms with Gasteiger partial charge in [-0.1, -0.05) is 0 Å². The summed E-state index contributed by atoms with van der Waals surface area (Å²) in [5.74, 6) is -0.240. The summed E-state index contributed by atoms with van der Waals surface area (Å²) in [5, 5.41) is 7.84. The van der Waals surface area contributed by atoms with Crippen molar-refractivity contribution in [3.8, 4) is 0 Å². The Morgan fingerprint density at radius 2 is 2.06 bits per heavy atom. The maximum absolute atomic E-state index is 11.9. The molecule has 3 amide bonds. The molecule has 0 aliphatic carbocycles. The molecule has 1 saturated heterocycles. The van der Waals surface area contributed by atoms with E-state index in [9.17, 15) is 14.4 Å². The Morgan fingerprint density at radius 1 is 1.35 bits per heavy atom. The molecule has 3 N–H and O–H groups in total. The molecule has 1 unspecified atom stereocenters. The first-order valence-electron chi connectivity index (χ1n) is 5.73. The van der Waals surface area contributed by atoms with Crippen LogP contribution in [0.2, 0.25) is 0 Å². The van der Waals surface area contributed by atoms with Gasteiger partial charge in [0.2, 0.25) is 17.7 Å². The topological polar surface area (TPSA) is 87.3 Å². The van der Waals surface area contributed by atoms with Crippen LogP contribution in [0.4, 0.5) is 0 Å². The number of carbonyl (C=O) groups is 3. The van der Waals surface area contributed by atoms with Crippen LogP contribution in [0.15, 0.2) is 0 Å². The third kappa shape index (κ3) is 3.18. The molecule has 0 spiro atoms. The van der Waals surface area contributed by atoms with Gasteiger partial charge in [0.1, 0.15) is 0 Å². The minimum atomic E-state index is -0.644. The van der Waals surface area contributed by atoms with Gasteiger partial charge in [-0.2, -0.15) is 0 Å². The van der Waals surface area contributed by atoms with Crippen molar-refractivity contribution in [1.82, 2.24) is 16.0 Å². The predicted octanol–water partition coefficient (Wildman–Crippen LogP) is -0.845. The number of hydrogen-bond donors (Lipinski definition) is 3. The summed E-state index contributed by atoms with van der Waals surface area (Å²) < 4.78 is 0. The van der Waals surface area contributed by atoms with Gasteiger partial charge in [0.25, 0.3) is 0 Å². The van der Waals surface area contributed by atoms with Gasteiger partial charge in [-0.25, -0.2) is 0 Å². The number of carbonyl (C=O) groups excluding carboxylic acids is 3. The summed E-state index contributed by atoms with van der Waals surface area (Å²) in [6.45, 7) is 0.308.